The van der Waals surface area contributed by atoms with Crippen molar-refractivity contribution in [2.75, 3.05) is 12.0 Å². The molecule has 1 aromatic carbocycles. The van der Waals surface area contributed by atoms with Crippen LogP contribution >= 0.6 is 0 Å². The van der Waals surface area contributed by atoms with E-state index in [1.165, 1.54) is 6.39 Å². The molecule has 0 aliphatic carbocycles. The molecule has 0 radical (unpaired) electrons. The summed E-state index contributed by atoms with van der Waals surface area (Å²) in [5.41, 5.74) is 4.86. The highest BCUT2D eigenvalue weighted by Crippen LogP contribution is 2.14. The lowest BCUT2D eigenvalue weighted by Crippen LogP contribution is -2.26. The summed E-state index contributed by atoms with van der Waals surface area (Å²) in [6.45, 7) is 2.33. The number of nitrogens with one attached hydrogen (secondary N) is 2. The summed E-state index contributed by atoms with van der Waals surface area (Å²) in [4.78, 5) is 15.8. The average Bonchev–Trinajstić information content (AvgIpc) is 2.91. The summed E-state index contributed by atoms with van der Waals surface area (Å²) in [6.07, 6.45) is 1.79. The first-order valence-electron chi connectivity index (χ1n) is 5.81. The Kier molecular flexibility index (Phi) is 4.09. The van der Waals surface area contributed by atoms with E-state index in [1.807, 2.05) is 6.92 Å². The Morgan fingerprint density at radius 2 is 2.32 bits per heavy atom. The van der Waals surface area contributed by atoms with Crippen LogP contribution in [0.25, 0.3) is 0 Å². The Balaban J connectivity index is 1.91. The highest BCUT2D eigenvalue weighted by molar-refractivity contribution is 5.94. The third kappa shape index (κ3) is 3.29. The van der Waals surface area contributed by atoms with Crippen molar-refractivity contribution in [1.29, 1.82) is 0 Å². The molecule has 0 aliphatic heterocycles. The third-order valence-electron chi connectivity index (χ3n) is 2.69. The monoisotopic (exact) mass is 261 g/mol. The number of aromatic nitrogens is 2. The molecular formula is C12H15N5O2. The fourth-order valence-electron chi connectivity index (χ4n) is 1.66. The number of carbonyl (C=O) groups is 1. The molecule has 0 saturated carbocycles. The van der Waals surface area contributed by atoms with Gasteiger partial charge in [0.15, 0.2) is 5.82 Å². The van der Waals surface area contributed by atoms with E-state index < -0.39 is 0 Å². The first-order valence-corrected chi connectivity index (χ1v) is 5.81. The SMILES string of the molecule is Cc1cc(C(=O)NCCc2ncon2)ccc1NN. The Hall–Kier alpha value is -2.41. The predicted molar refractivity (Wildman–Crippen MR) is 69.3 cm³/mol. The number of amides is 1. The second kappa shape index (κ2) is 5.96. The van der Waals surface area contributed by atoms with Crippen molar-refractivity contribution in [2.24, 2.45) is 5.84 Å². The Bertz CT molecular complexity index is 553. The van der Waals surface area contributed by atoms with Gasteiger partial charge in [-0.15, -0.1) is 0 Å². The van der Waals surface area contributed by atoms with Gasteiger partial charge in [-0.2, -0.15) is 4.98 Å². The number of nitrogens with zero attached hydrogens (tertiary/aromatic N) is 2. The van der Waals surface area contributed by atoms with E-state index in [0.717, 1.165) is 11.3 Å². The maximum absolute atomic E-state index is 11.9. The molecule has 0 bridgehead atoms. The zero-order chi connectivity index (χ0) is 13.7. The van der Waals surface area contributed by atoms with Crippen LogP contribution in [0.15, 0.2) is 29.1 Å². The van der Waals surface area contributed by atoms with Gasteiger partial charge in [0.2, 0.25) is 6.39 Å². The topological polar surface area (TPSA) is 106 Å². The number of carbonyl (C=O) groups excluding carboxylic acids is 1. The quantitative estimate of drug-likeness (QED) is 0.538. The molecule has 0 fully saturated rings. The first kappa shape index (κ1) is 13.0. The van der Waals surface area contributed by atoms with Gasteiger partial charge >= 0.3 is 0 Å². The van der Waals surface area contributed by atoms with Crippen molar-refractivity contribution in [1.82, 2.24) is 15.5 Å². The van der Waals surface area contributed by atoms with Gasteiger partial charge in [0.1, 0.15) is 0 Å². The molecule has 1 aromatic heterocycles. The van der Waals surface area contributed by atoms with E-state index >= 15 is 0 Å². The minimum absolute atomic E-state index is 0.143. The van der Waals surface area contributed by atoms with E-state index in [-0.39, 0.29) is 5.91 Å². The number of rotatable bonds is 5. The third-order valence-corrected chi connectivity index (χ3v) is 2.69. The van der Waals surface area contributed by atoms with Crippen LogP contribution in [0.5, 0.6) is 0 Å². The summed E-state index contributed by atoms with van der Waals surface area (Å²) in [5, 5.41) is 6.45. The molecule has 0 unspecified atom stereocenters. The van der Waals surface area contributed by atoms with Crippen LogP contribution in [0.1, 0.15) is 21.7 Å². The average molecular weight is 261 g/mol. The summed E-state index contributed by atoms with van der Waals surface area (Å²) in [5.74, 6) is 5.76. The van der Waals surface area contributed by atoms with E-state index in [9.17, 15) is 4.79 Å². The fraction of sp³-hybridized carbons (Fsp3) is 0.250. The van der Waals surface area contributed by atoms with Gasteiger partial charge in [0.25, 0.3) is 5.91 Å². The van der Waals surface area contributed by atoms with Crippen molar-refractivity contribution >= 4 is 11.6 Å². The Labute approximate surface area is 110 Å². The number of hydrogen-bond donors (Lipinski definition) is 3. The largest absolute Gasteiger partial charge is 0.352 e. The van der Waals surface area contributed by atoms with E-state index in [1.54, 1.807) is 18.2 Å². The normalized spacial score (nSPS) is 10.2. The molecule has 7 heteroatoms. The second-order valence-electron chi connectivity index (χ2n) is 4.03. The smallest absolute Gasteiger partial charge is 0.251 e. The van der Waals surface area contributed by atoms with Crippen LogP contribution in [-0.4, -0.2) is 22.6 Å². The van der Waals surface area contributed by atoms with Crippen LogP contribution in [0, 0.1) is 6.92 Å². The minimum atomic E-state index is -0.143. The minimum Gasteiger partial charge on any atom is -0.352 e. The molecular weight excluding hydrogens is 246 g/mol. The number of benzene rings is 1. The van der Waals surface area contributed by atoms with Crippen molar-refractivity contribution in [3.8, 4) is 0 Å². The number of aryl methyl sites for hydroxylation is 1. The fourth-order valence-corrected chi connectivity index (χ4v) is 1.66. The summed E-state index contributed by atoms with van der Waals surface area (Å²) >= 11 is 0. The number of hydrazine groups is 1. The molecule has 0 aliphatic rings. The summed E-state index contributed by atoms with van der Waals surface area (Å²) in [6, 6.07) is 5.26. The molecule has 7 nitrogen and oxygen atoms in total. The summed E-state index contributed by atoms with van der Waals surface area (Å²) < 4.78 is 4.61. The molecule has 1 amide bonds. The van der Waals surface area contributed by atoms with Gasteiger partial charge in [-0.3, -0.25) is 10.6 Å². The maximum atomic E-state index is 11.9. The number of nitrogen functional groups attached to an aromatic ring is 1. The van der Waals surface area contributed by atoms with Crippen LogP contribution in [0.2, 0.25) is 0 Å². The molecule has 2 rings (SSSR count). The van der Waals surface area contributed by atoms with E-state index in [2.05, 4.69) is 25.4 Å². The van der Waals surface area contributed by atoms with E-state index in [0.29, 0.717) is 24.4 Å². The molecule has 0 spiro atoms. The lowest BCUT2D eigenvalue weighted by Gasteiger charge is -2.08. The van der Waals surface area contributed by atoms with Crippen molar-refractivity contribution < 1.29 is 9.32 Å². The van der Waals surface area contributed by atoms with Crippen LogP contribution in [-0.2, 0) is 6.42 Å². The summed E-state index contributed by atoms with van der Waals surface area (Å²) in [7, 11) is 0. The predicted octanol–water partition coefficient (Wildman–Crippen LogP) is 0.636. The first-order chi connectivity index (χ1) is 9.20. The zero-order valence-electron chi connectivity index (χ0n) is 10.5. The van der Waals surface area contributed by atoms with Gasteiger partial charge in [0, 0.05) is 18.5 Å². The highest BCUT2D eigenvalue weighted by atomic mass is 16.5. The molecule has 0 atom stereocenters. The zero-order valence-corrected chi connectivity index (χ0v) is 10.5. The lowest BCUT2D eigenvalue weighted by atomic mass is 10.1. The van der Waals surface area contributed by atoms with Gasteiger partial charge in [0.05, 0.1) is 5.69 Å². The van der Waals surface area contributed by atoms with Gasteiger partial charge in [-0.05, 0) is 30.7 Å². The standard InChI is InChI=1S/C12H15N5O2/c1-8-6-9(2-3-10(8)16-13)12(18)14-5-4-11-15-7-19-17-11/h2-3,6-7,16H,4-5,13H2,1H3,(H,14,18). The lowest BCUT2D eigenvalue weighted by molar-refractivity contribution is 0.0954. The van der Waals surface area contributed by atoms with Crippen molar-refractivity contribution in [3.05, 3.63) is 41.5 Å². The Morgan fingerprint density at radius 3 is 2.95 bits per heavy atom. The van der Waals surface area contributed by atoms with Crippen LogP contribution in [0.3, 0.4) is 0 Å². The number of anilines is 1. The molecule has 4 N–H and O–H groups in total. The van der Waals surface area contributed by atoms with Gasteiger partial charge in [-0.1, -0.05) is 5.16 Å². The van der Waals surface area contributed by atoms with Crippen molar-refractivity contribution in [3.63, 3.8) is 0 Å². The number of hydrogen-bond acceptors (Lipinski definition) is 6. The molecule has 2 aromatic rings. The molecule has 1 heterocycles. The number of nitrogens with two attached hydrogens (primary N) is 1. The molecule has 19 heavy (non-hydrogen) atoms. The molecule has 0 saturated heterocycles. The molecule has 100 valence electrons. The van der Waals surface area contributed by atoms with E-state index in [4.69, 9.17) is 5.84 Å². The van der Waals surface area contributed by atoms with Gasteiger partial charge < -0.3 is 15.3 Å². The Morgan fingerprint density at radius 1 is 1.47 bits per heavy atom. The van der Waals surface area contributed by atoms with Crippen LogP contribution in [0.4, 0.5) is 5.69 Å². The van der Waals surface area contributed by atoms with Gasteiger partial charge in [-0.25, -0.2) is 0 Å². The maximum Gasteiger partial charge on any atom is 0.251 e. The van der Waals surface area contributed by atoms with Crippen LogP contribution < -0.4 is 16.6 Å². The highest BCUT2D eigenvalue weighted by Gasteiger charge is 2.07. The van der Waals surface area contributed by atoms with Crippen molar-refractivity contribution in [2.45, 2.75) is 13.3 Å². The second-order valence-corrected chi connectivity index (χ2v) is 4.03.